The van der Waals surface area contributed by atoms with Crippen molar-refractivity contribution in [3.8, 4) is 11.4 Å². The van der Waals surface area contributed by atoms with Gasteiger partial charge in [-0.3, -0.25) is 0 Å². The highest BCUT2D eigenvalue weighted by Gasteiger charge is 2.14. The Morgan fingerprint density at radius 1 is 1.10 bits per heavy atom. The molecule has 1 N–H and O–H groups in total. The predicted molar refractivity (Wildman–Crippen MR) is 85.2 cm³/mol. The Morgan fingerprint density at radius 3 is 2.62 bits per heavy atom. The minimum absolute atomic E-state index is 0.579. The van der Waals surface area contributed by atoms with Crippen LogP contribution in [0.25, 0.3) is 11.4 Å². The van der Waals surface area contributed by atoms with E-state index in [4.69, 9.17) is 0 Å². The van der Waals surface area contributed by atoms with Crippen molar-refractivity contribution < 1.29 is 0 Å². The number of aromatic nitrogens is 3. The number of aryl methyl sites for hydroxylation is 1. The van der Waals surface area contributed by atoms with Crippen LogP contribution in [0.3, 0.4) is 0 Å². The lowest BCUT2D eigenvalue weighted by molar-refractivity contribution is 0.348. The summed E-state index contributed by atoms with van der Waals surface area (Å²) in [5.74, 6) is 0.901. The van der Waals surface area contributed by atoms with Crippen LogP contribution in [0.2, 0.25) is 0 Å². The molecule has 112 valence electrons. The van der Waals surface area contributed by atoms with Crippen molar-refractivity contribution in [1.29, 1.82) is 0 Å². The van der Waals surface area contributed by atoms with Crippen LogP contribution >= 0.6 is 0 Å². The molecule has 1 aliphatic rings. The molecular formula is C16H23N5. The normalized spacial score (nSPS) is 20.2. The van der Waals surface area contributed by atoms with Crippen LogP contribution in [0.4, 0.5) is 5.69 Å². The lowest BCUT2D eigenvalue weighted by Gasteiger charge is -2.18. The molecule has 0 spiro atoms. The molecular weight excluding hydrogens is 262 g/mol. The number of nitrogens with one attached hydrogen (secondary N) is 1. The van der Waals surface area contributed by atoms with Gasteiger partial charge in [0.15, 0.2) is 5.82 Å². The summed E-state index contributed by atoms with van der Waals surface area (Å²) in [6, 6.07) is 9.07. The Balaban J connectivity index is 1.66. The fourth-order valence-corrected chi connectivity index (χ4v) is 2.88. The topological polar surface area (TPSA) is 46.0 Å². The summed E-state index contributed by atoms with van der Waals surface area (Å²) in [5.41, 5.74) is 2.29. The smallest absolute Gasteiger partial charge is 0.163 e. The van der Waals surface area contributed by atoms with Gasteiger partial charge in [-0.2, -0.15) is 0 Å². The molecule has 0 radical (unpaired) electrons. The van der Waals surface area contributed by atoms with E-state index in [0.717, 1.165) is 11.4 Å². The van der Waals surface area contributed by atoms with E-state index >= 15 is 0 Å². The predicted octanol–water partition coefficient (Wildman–Crippen LogP) is 2.38. The third kappa shape index (κ3) is 3.42. The van der Waals surface area contributed by atoms with Gasteiger partial charge in [-0.25, -0.2) is 0 Å². The van der Waals surface area contributed by atoms with Gasteiger partial charge in [0, 0.05) is 24.3 Å². The molecule has 1 saturated heterocycles. The molecule has 0 saturated carbocycles. The van der Waals surface area contributed by atoms with E-state index in [1.54, 1.807) is 6.33 Å². The Labute approximate surface area is 126 Å². The molecule has 1 unspecified atom stereocenters. The average Bonchev–Trinajstić information content (AvgIpc) is 2.81. The van der Waals surface area contributed by atoms with Gasteiger partial charge in [0.05, 0.1) is 0 Å². The highest BCUT2D eigenvalue weighted by Crippen LogP contribution is 2.21. The van der Waals surface area contributed by atoms with Crippen molar-refractivity contribution >= 4 is 5.69 Å². The molecule has 1 fully saturated rings. The van der Waals surface area contributed by atoms with Crippen molar-refractivity contribution in [2.45, 2.75) is 25.3 Å². The lowest BCUT2D eigenvalue weighted by Crippen LogP contribution is -2.22. The number of hydrogen-bond donors (Lipinski definition) is 1. The molecule has 5 heteroatoms. The second-order valence-corrected chi connectivity index (χ2v) is 5.92. The van der Waals surface area contributed by atoms with Gasteiger partial charge in [-0.05, 0) is 63.7 Å². The molecule has 5 nitrogen and oxygen atoms in total. The lowest BCUT2D eigenvalue weighted by atomic mass is 10.1. The molecule has 0 aliphatic carbocycles. The zero-order chi connectivity index (χ0) is 14.7. The second kappa shape index (κ2) is 6.26. The Kier molecular flexibility index (Phi) is 4.20. The number of likely N-dealkylation sites (tertiary alicyclic amines) is 1. The van der Waals surface area contributed by atoms with Crippen molar-refractivity contribution in [3.05, 3.63) is 30.6 Å². The van der Waals surface area contributed by atoms with Gasteiger partial charge in [0.25, 0.3) is 0 Å². The molecule has 21 heavy (non-hydrogen) atoms. The third-order valence-electron chi connectivity index (χ3n) is 4.18. The maximum atomic E-state index is 4.14. The summed E-state index contributed by atoms with van der Waals surface area (Å²) in [6.45, 7) is 2.39. The molecule has 2 aromatic rings. The van der Waals surface area contributed by atoms with E-state index in [-0.39, 0.29) is 0 Å². The molecule has 1 aromatic carbocycles. The Hall–Kier alpha value is -1.88. The summed E-state index contributed by atoms with van der Waals surface area (Å²) in [7, 11) is 4.17. The Morgan fingerprint density at radius 2 is 1.90 bits per heavy atom. The van der Waals surface area contributed by atoms with Crippen LogP contribution in [0.1, 0.15) is 19.3 Å². The van der Waals surface area contributed by atoms with Crippen molar-refractivity contribution in [3.63, 3.8) is 0 Å². The van der Waals surface area contributed by atoms with E-state index in [1.165, 1.54) is 38.0 Å². The van der Waals surface area contributed by atoms with Gasteiger partial charge >= 0.3 is 0 Å². The van der Waals surface area contributed by atoms with Crippen LogP contribution in [0, 0.1) is 0 Å². The number of rotatable bonds is 3. The van der Waals surface area contributed by atoms with E-state index in [0.29, 0.717) is 6.04 Å². The fraction of sp³-hybridized carbons (Fsp3) is 0.500. The summed E-state index contributed by atoms with van der Waals surface area (Å²) in [6.07, 6.45) is 5.45. The van der Waals surface area contributed by atoms with E-state index in [9.17, 15) is 0 Å². The van der Waals surface area contributed by atoms with Crippen LogP contribution in [-0.2, 0) is 7.05 Å². The molecule has 3 rings (SSSR count). The molecule has 1 aromatic heterocycles. The minimum atomic E-state index is 0.579. The van der Waals surface area contributed by atoms with Gasteiger partial charge in [-0.15, -0.1) is 10.2 Å². The highest BCUT2D eigenvalue weighted by atomic mass is 15.2. The molecule has 1 atom stereocenters. The van der Waals surface area contributed by atoms with Crippen LogP contribution in [-0.4, -0.2) is 45.8 Å². The summed E-state index contributed by atoms with van der Waals surface area (Å²) >= 11 is 0. The van der Waals surface area contributed by atoms with E-state index in [1.807, 2.05) is 11.6 Å². The average molecular weight is 285 g/mol. The zero-order valence-corrected chi connectivity index (χ0v) is 12.8. The summed E-state index contributed by atoms with van der Waals surface area (Å²) in [4.78, 5) is 2.42. The van der Waals surface area contributed by atoms with Crippen molar-refractivity contribution in [2.75, 3.05) is 25.5 Å². The number of anilines is 1. The molecule has 0 amide bonds. The largest absolute Gasteiger partial charge is 0.382 e. The standard InChI is InChI=1S/C16H23N5/c1-20-10-3-4-14(9-11-20)18-15-7-5-13(6-8-15)16-19-17-12-21(16)2/h5-8,12,14,18H,3-4,9-11H2,1-2H3. The molecule has 1 aliphatic heterocycles. The first-order valence-electron chi connectivity index (χ1n) is 7.62. The molecule has 2 heterocycles. The fourth-order valence-electron chi connectivity index (χ4n) is 2.88. The van der Waals surface area contributed by atoms with Gasteiger partial charge in [-0.1, -0.05) is 0 Å². The minimum Gasteiger partial charge on any atom is -0.382 e. The number of benzene rings is 1. The number of nitrogens with zero attached hydrogens (tertiary/aromatic N) is 4. The van der Waals surface area contributed by atoms with Crippen LogP contribution in [0.5, 0.6) is 0 Å². The summed E-state index contributed by atoms with van der Waals surface area (Å²) in [5, 5.41) is 11.7. The monoisotopic (exact) mass is 285 g/mol. The molecule has 0 bridgehead atoms. The second-order valence-electron chi connectivity index (χ2n) is 5.92. The van der Waals surface area contributed by atoms with Crippen molar-refractivity contribution in [1.82, 2.24) is 19.7 Å². The first-order valence-corrected chi connectivity index (χ1v) is 7.62. The SMILES string of the molecule is CN1CCCC(Nc2ccc(-c3nncn3C)cc2)CC1. The Bertz CT molecular complexity index is 575. The van der Waals surface area contributed by atoms with Crippen LogP contribution in [0.15, 0.2) is 30.6 Å². The summed E-state index contributed by atoms with van der Waals surface area (Å²) < 4.78 is 1.93. The van der Waals surface area contributed by atoms with E-state index in [2.05, 4.69) is 51.7 Å². The first kappa shape index (κ1) is 14.1. The van der Waals surface area contributed by atoms with E-state index < -0.39 is 0 Å². The quantitative estimate of drug-likeness (QED) is 0.940. The van der Waals surface area contributed by atoms with Gasteiger partial charge in [0.2, 0.25) is 0 Å². The van der Waals surface area contributed by atoms with Crippen LogP contribution < -0.4 is 5.32 Å². The van der Waals surface area contributed by atoms with Gasteiger partial charge in [0.1, 0.15) is 6.33 Å². The third-order valence-corrected chi connectivity index (χ3v) is 4.18. The number of hydrogen-bond acceptors (Lipinski definition) is 4. The van der Waals surface area contributed by atoms with Crippen molar-refractivity contribution in [2.24, 2.45) is 7.05 Å². The zero-order valence-electron chi connectivity index (χ0n) is 12.8. The first-order chi connectivity index (χ1) is 10.2. The maximum Gasteiger partial charge on any atom is 0.163 e. The van der Waals surface area contributed by atoms with Gasteiger partial charge < -0.3 is 14.8 Å². The maximum absolute atomic E-state index is 4.14. The highest BCUT2D eigenvalue weighted by molar-refractivity contribution is 5.59.